The first-order chi connectivity index (χ1) is 6.27. The van der Waals surface area contributed by atoms with Crippen molar-refractivity contribution >= 4 is 5.91 Å². The van der Waals surface area contributed by atoms with Gasteiger partial charge in [0, 0.05) is 7.05 Å². The first-order valence-corrected chi connectivity index (χ1v) is 4.55. The Hall–Kier alpha value is -1.31. The predicted molar refractivity (Wildman–Crippen MR) is 53.6 cm³/mol. The second-order valence-corrected chi connectivity index (χ2v) is 2.97. The number of hydrogen-bond donors (Lipinski definition) is 1. The maximum absolute atomic E-state index is 11.1. The molecule has 2 heteroatoms. The zero-order chi connectivity index (χ0) is 9.68. The quantitative estimate of drug-likeness (QED) is 0.745. The Balaban J connectivity index is 2.81. The molecule has 0 saturated heterocycles. The van der Waals surface area contributed by atoms with E-state index in [0.717, 1.165) is 12.0 Å². The lowest BCUT2D eigenvalue weighted by atomic mass is 10.0. The molecule has 0 bridgehead atoms. The van der Waals surface area contributed by atoms with Crippen LogP contribution in [0.3, 0.4) is 0 Å². The molecule has 0 aliphatic carbocycles. The van der Waals surface area contributed by atoms with Crippen molar-refractivity contribution in [1.29, 1.82) is 0 Å². The van der Waals surface area contributed by atoms with Gasteiger partial charge in [0.25, 0.3) is 0 Å². The van der Waals surface area contributed by atoms with Gasteiger partial charge in [0.1, 0.15) is 0 Å². The molecule has 1 aromatic carbocycles. The fraction of sp³-hybridized carbons (Fsp3) is 0.364. The fourth-order valence-electron chi connectivity index (χ4n) is 1.34. The van der Waals surface area contributed by atoms with Crippen molar-refractivity contribution in [2.75, 3.05) is 7.05 Å². The minimum absolute atomic E-state index is 0.0703. The molecule has 0 aliphatic rings. The highest BCUT2D eigenvalue weighted by Crippen LogP contribution is 2.09. The molecule has 0 aliphatic heterocycles. The molecular weight excluding hydrogens is 162 g/mol. The zero-order valence-electron chi connectivity index (χ0n) is 8.13. The van der Waals surface area contributed by atoms with E-state index in [-0.39, 0.29) is 5.91 Å². The van der Waals surface area contributed by atoms with Crippen molar-refractivity contribution < 1.29 is 4.79 Å². The van der Waals surface area contributed by atoms with E-state index in [4.69, 9.17) is 0 Å². The van der Waals surface area contributed by atoms with Crippen molar-refractivity contribution in [3.8, 4) is 0 Å². The third kappa shape index (κ3) is 2.58. The van der Waals surface area contributed by atoms with E-state index in [1.807, 2.05) is 18.2 Å². The van der Waals surface area contributed by atoms with Crippen LogP contribution in [-0.2, 0) is 17.6 Å². The molecular formula is C11H15NO. The first-order valence-electron chi connectivity index (χ1n) is 4.55. The number of aryl methyl sites for hydroxylation is 1. The number of benzene rings is 1. The smallest absolute Gasteiger partial charge is 0.224 e. The van der Waals surface area contributed by atoms with Gasteiger partial charge in [0.05, 0.1) is 6.42 Å². The second kappa shape index (κ2) is 4.65. The molecule has 13 heavy (non-hydrogen) atoms. The molecule has 1 rings (SSSR count). The summed E-state index contributed by atoms with van der Waals surface area (Å²) in [4.78, 5) is 11.1. The van der Waals surface area contributed by atoms with Gasteiger partial charge in [-0.25, -0.2) is 0 Å². The predicted octanol–water partition coefficient (Wildman–Crippen LogP) is 1.54. The Morgan fingerprint density at radius 1 is 1.31 bits per heavy atom. The minimum atomic E-state index is 0.0703. The maximum Gasteiger partial charge on any atom is 0.224 e. The first kappa shape index (κ1) is 9.78. The van der Waals surface area contributed by atoms with Crippen LogP contribution >= 0.6 is 0 Å². The van der Waals surface area contributed by atoms with Crippen LogP contribution in [0.2, 0.25) is 0 Å². The van der Waals surface area contributed by atoms with Crippen LogP contribution in [-0.4, -0.2) is 13.0 Å². The van der Waals surface area contributed by atoms with Crippen LogP contribution in [0, 0.1) is 0 Å². The van der Waals surface area contributed by atoms with Gasteiger partial charge in [-0.1, -0.05) is 31.2 Å². The molecule has 0 fully saturated rings. The molecule has 0 spiro atoms. The largest absolute Gasteiger partial charge is 0.359 e. The Bertz CT molecular complexity index is 294. The lowest BCUT2D eigenvalue weighted by molar-refractivity contribution is -0.119. The van der Waals surface area contributed by atoms with Crippen LogP contribution in [0.4, 0.5) is 0 Å². The van der Waals surface area contributed by atoms with Gasteiger partial charge in [-0.15, -0.1) is 0 Å². The van der Waals surface area contributed by atoms with Gasteiger partial charge in [-0.2, -0.15) is 0 Å². The third-order valence-electron chi connectivity index (χ3n) is 2.13. The summed E-state index contributed by atoms with van der Waals surface area (Å²) < 4.78 is 0. The number of carbonyl (C=O) groups is 1. The highest BCUT2D eigenvalue weighted by molar-refractivity contribution is 5.78. The Morgan fingerprint density at radius 2 is 1.92 bits per heavy atom. The summed E-state index contributed by atoms with van der Waals surface area (Å²) in [5, 5.41) is 2.63. The molecule has 1 amide bonds. The molecule has 1 N–H and O–H groups in total. The van der Waals surface area contributed by atoms with E-state index in [0.29, 0.717) is 6.42 Å². The van der Waals surface area contributed by atoms with Crippen molar-refractivity contribution in [2.45, 2.75) is 19.8 Å². The Labute approximate surface area is 79.0 Å². The molecule has 0 saturated carbocycles. The zero-order valence-corrected chi connectivity index (χ0v) is 8.13. The lowest BCUT2D eigenvalue weighted by Crippen LogP contribution is -2.20. The number of likely N-dealkylation sites (N-methyl/N-ethyl adjacent to an activating group) is 1. The molecule has 0 atom stereocenters. The van der Waals surface area contributed by atoms with Gasteiger partial charge in [0.2, 0.25) is 5.91 Å². The average Bonchev–Trinajstić information content (AvgIpc) is 2.18. The number of rotatable bonds is 3. The summed E-state index contributed by atoms with van der Waals surface area (Å²) in [6.07, 6.45) is 1.47. The Kier molecular flexibility index (Phi) is 3.50. The monoisotopic (exact) mass is 177 g/mol. The maximum atomic E-state index is 11.1. The van der Waals surface area contributed by atoms with E-state index in [9.17, 15) is 4.79 Å². The topological polar surface area (TPSA) is 29.1 Å². The van der Waals surface area contributed by atoms with E-state index in [1.54, 1.807) is 7.05 Å². The minimum Gasteiger partial charge on any atom is -0.359 e. The summed E-state index contributed by atoms with van der Waals surface area (Å²) in [5.74, 6) is 0.0703. The van der Waals surface area contributed by atoms with Gasteiger partial charge < -0.3 is 5.32 Å². The number of hydrogen-bond acceptors (Lipinski definition) is 1. The Morgan fingerprint density at radius 3 is 2.46 bits per heavy atom. The van der Waals surface area contributed by atoms with Crippen molar-refractivity contribution in [3.63, 3.8) is 0 Å². The second-order valence-electron chi connectivity index (χ2n) is 2.97. The van der Waals surface area contributed by atoms with Crippen molar-refractivity contribution in [3.05, 3.63) is 35.4 Å². The number of nitrogens with one attached hydrogen (secondary N) is 1. The summed E-state index contributed by atoms with van der Waals surface area (Å²) in [7, 11) is 1.66. The molecule has 1 aromatic rings. The van der Waals surface area contributed by atoms with Crippen LogP contribution in [0.25, 0.3) is 0 Å². The lowest BCUT2D eigenvalue weighted by Gasteiger charge is -2.05. The van der Waals surface area contributed by atoms with Crippen molar-refractivity contribution in [1.82, 2.24) is 5.32 Å². The standard InChI is InChI=1S/C11H15NO/c1-3-9-6-4-5-7-10(9)8-11(13)12-2/h4-7H,3,8H2,1-2H3,(H,12,13). The molecule has 0 aromatic heterocycles. The highest BCUT2D eigenvalue weighted by Gasteiger charge is 2.03. The normalized spacial score (nSPS) is 9.69. The average molecular weight is 177 g/mol. The van der Waals surface area contributed by atoms with Gasteiger partial charge in [-0.05, 0) is 17.5 Å². The summed E-state index contributed by atoms with van der Waals surface area (Å²) in [6.45, 7) is 2.10. The van der Waals surface area contributed by atoms with Crippen LogP contribution in [0.5, 0.6) is 0 Å². The van der Waals surface area contributed by atoms with Crippen molar-refractivity contribution in [2.24, 2.45) is 0 Å². The fourth-order valence-corrected chi connectivity index (χ4v) is 1.34. The van der Waals surface area contributed by atoms with Gasteiger partial charge in [-0.3, -0.25) is 4.79 Å². The molecule has 70 valence electrons. The molecule has 0 heterocycles. The summed E-state index contributed by atoms with van der Waals surface area (Å²) >= 11 is 0. The van der Waals surface area contributed by atoms with E-state index >= 15 is 0 Å². The van der Waals surface area contributed by atoms with E-state index in [2.05, 4.69) is 18.3 Å². The number of carbonyl (C=O) groups excluding carboxylic acids is 1. The molecule has 2 nitrogen and oxygen atoms in total. The van der Waals surface area contributed by atoms with E-state index in [1.165, 1.54) is 5.56 Å². The van der Waals surface area contributed by atoms with Crippen LogP contribution in [0.1, 0.15) is 18.1 Å². The van der Waals surface area contributed by atoms with Crippen LogP contribution < -0.4 is 5.32 Å². The summed E-state index contributed by atoms with van der Waals surface area (Å²) in [5.41, 5.74) is 2.38. The molecule has 0 unspecified atom stereocenters. The molecule has 0 radical (unpaired) electrons. The summed E-state index contributed by atoms with van der Waals surface area (Å²) in [6, 6.07) is 8.05. The third-order valence-corrected chi connectivity index (χ3v) is 2.13. The number of amides is 1. The SMILES string of the molecule is CCc1ccccc1CC(=O)NC. The van der Waals surface area contributed by atoms with E-state index < -0.39 is 0 Å². The van der Waals surface area contributed by atoms with Crippen LogP contribution in [0.15, 0.2) is 24.3 Å². The highest BCUT2D eigenvalue weighted by atomic mass is 16.1. The van der Waals surface area contributed by atoms with Gasteiger partial charge >= 0.3 is 0 Å². The van der Waals surface area contributed by atoms with Gasteiger partial charge in [0.15, 0.2) is 0 Å².